The minimum Gasteiger partial charge on any atom is -0.350 e. The van der Waals surface area contributed by atoms with Crippen LogP contribution in [0.15, 0.2) is 24.3 Å². The summed E-state index contributed by atoms with van der Waals surface area (Å²) in [7, 11) is 2.20. The lowest BCUT2D eigenvalue weighted by molar-refractivity contribution is 0.0138. The van der Waals surface area contributed by atoms with E-state index in [-0.39, 0.29) is 11.4 Å². The number of carbonyl (C=O) groups excluding carboxylic acids is 1. The predicted molar refractivity (Wildman–Crippen MR) is 98.4 cm³/mol. The van der Waals surface area contributed by atoms with Crippen molar-refractivity contribution >= 4 is 5.91 Å². The summed E-state index contributed by atoms with van der Waals surface area (Å²) in [6, 6.07) is 7.86. The van der Waals surface area contributed by atoms with E-state index in [1.165, 1.54) is 37.7 Å². The highest BCUT2D eigenvalue weighted by molar-refractivity contribution is 5.94. The maximum Gasteiger partial charge on any atom is 0.251 e. The standard InChI is InChI=1S/C20H31N3O/c1-17-6-8-18(9-7-17)19(24)21-16-20(10-4-3-5-11-20)23-14-12-22(2)13-15-23/h6-9H,3-5,10-16H2,1-2H3,(H,21,24). The smallest absolute Gasteiger partial charge is 0.251 e. The Kier molecular flexibility index (Phi) is 5.57. The van der Waals surface area contributed by atoms with Crippen molar-refractivity contribution in [3.05, 3.63) is 35.4 Å². The van der Waals surface area contributed by atoms with E-state index in [4.69, 9.17) is 0 Å². The highest BCUT2D eigenvalue weighted by Gasteiger charge is 2.39. The molecule has 4 nitrogen and oxygen atoms in total. The van der Waals surface area contributed by atoms with Crippen LogP contribution in [0.3, 0.4) is 0 Å². The summed E-state index contributed by atoms with van der Waals surface area (Å²) in [5.41, 5.74) is 2.12. The van der Waals surface area contributed by atoms with Crippen LogP contribution in [0.2, 0.25) is 0 Å². The molecule has 1 aliphatic carbocycles. The average Bonchev–Trinajstić information content (AvgIpc) is 2.62. The zero-order valence-electron chi connectivity index (χ0n) is 15.2. The Bertz CT molecular complexity index is 541. The average molecular weight is 329 g/mol. The lowest BCUT2D eigenvalue weighted by Crippen LogP contribution is -2.61. The van der Waals surface area contributed by atoms with Gasteiger partial charge in [-0.3, -0.25) is 9.69 Å². The summed E-state index contributed by atoms with van der Waals surface area (Å²) in [6.07, 6.45) is 6.33. The van der Waals surface area contributed by atoms with E-state index < -0.39 is 0 Å². The molecule has 1 aromatic carbocycles. The number of hydrogen-bond donors (Lipinski definition) is 1. The Labute approximate surface area is 146 Å². The topological polar surface area (TPSA) is 35.6 Å². The maximum absolute atomic E-state index is 12.5. The maximum atomic E-state index is 12.5. The molecule has 0 aromatic heterocycles. The summed E-state index contributed by atoms with van der Waals surface area (Å²) in [5.74, 6) is 0.0640. The van der Waals surface area contributed by atoms with Crippen LogP contribution >= 0.6 is 0 Å². The van der Waals surface area contributed by atoms with Crippen LogP contribution in [0.5, 0.6) is 0 Å². The van der Waals surface area contributed by atoms with E-state index in [0.29, 0.717) is 0 Å². The minimum atomic E-state index is 0.0640. The van der Waals surface area contributed by atoms with Crippen LogP contribution in [-0.4, -0.2) is 61.0 Å². The van der Waals surface area contributed by atoms with Crippen molar-refractivity contribution in [2.45, 2.75) is 44.6 Å². The molecule has 1 amide bonds. The Hall–Kier alpha value is -1.39. The number of nitrogens with zero attached hydrogens (tertiary/aromatic N) is 2. The number of nitrogens with one attached hydrogen (secondary N) is 1. The summed E-state index contributed by atoms with van der Waals surface area (Å²) in [4.78, 5) is 17.6. The van der Waals surface area contributed by atoms with Crippen molar-refractivity contribution in [2.24, 2.45) is 0 Å². The van der Waals surface area contributed by atoms with Gasteiger partial charge in [-0.25, -0.2) is 0 Å². The van der Waals surface area contributed by atoms with Gasteiger partial charge in [-0.15, -0.1) is 0 Å². The van der Waals surface area contributed by atoms with Crippen LogP contribution in [0.1, 0.15) is 48.0 Å². The second-order valence-corrected chi connectivity index (χ2v) is 7.62. The van der Waals surface area contributed by atoms with Crippen LogP contribution < -0.4 is 5.32 Å². The molecule has 1 heterocycles. The fourth-order valence-electron chi connectivity index (χ4n) is 4.15. The lowest BCUT2D eigenvalue weighted by atomic mass is 9.79. The van der Waals surface area contributed by atoms with Gasteiger partial charge in [-0.1, -0.05) is 37.0 Å². The van der Waals surface area contributed by atoms with Gasteiger partial charge in [-0.2, -0.15) is 0 Å². The summed E-state index contributed by atoms with van der Waals surface area (Å²) < 4.78 is 0. The largest absolute Gasteiger partial charge is 0.350 e. The van der Waals surface area contributed by atoms with Crippen molar-refractivity contribution in [2.75, 3.05) is 39.8 Å². The number of aryl methyl sites for hydroxylation is 1. The molecule has 1 saturated carbocycles. The molecule has 0 atom stereocenters. The Morgan fingerprint density at radius 2 is 1.67 bits per heavy atom. The molecule has 4 heteroatoms. The van der Waals surface area contributed by atoms with Crippen molar-refractivity contribution in [1.29, 1.82) is 0 Å². The molecule has 3 rings (SSSR count). The van der Waals surface area contributed by atoms with Gasteiger partial charge in [0, 0.05) is 43.8 Å². The number of likely N-dealkylation sites (N-methyl/N-ethyl adjacent to an activating group) is 1. The molecule has 0 spiro atoms. The fraction of sp³-hybridized carbons (Fsp3) is 0.650. The van der Waals surface area contributed by atoms with Crippen molar-refractivity contribution < 1.29 is 4.79 Å². The Morgan fingerprint density at radius 3 is 2.29 bits per heavy atom. The predicted octanol–water partition coefficient (Wildman–Crippen LogP) is 2.68. The van der Waals surface area contributed by atoms with Crippen LogP contribution in [0, 0.1) is 6.92 Å². The molecular weight excluding hydrogens is 298 g/mol. The second-order valence-electron chi connectivity index (χ2n) is 7.62. The Morgan fingerprint density at radius 1 is 1.04 bits per heavy atom. The number of piperazine rings is 1. The van der Waals surface area contributed by atoms with E-state index in [0.717, 1.165) is 38.3 Å². The number of rotatable bonds is 4. The third-order valence-corrected chi connectivity index (χ3v) is 5.85. The third kappa shape index (κ3) is 3.98. The zero-order chi connectivity index (χ0) is 17.0. The molecule has 0 bridgehead atoms. The highest BCUT2D eigenvalue weighted by Crippen LogP contribution is 2.34. The van der Waals surface area contributed by atoms with Gasteiger partial charge in [-0.05, 0) is 38.9 Å². The summed E-state index contributed by atoms with van der Waals surface area (Å²) >= 11 is 0. The molecule has 0 radical (unpaired) electrons. The first-order valence-corrected chi connectivity index (χ1v) is 9.38. The second kappa shape index (κ2) is 7.66. The van der Waals surface area contributed by atoms with E-state index >= 15 is 0 Å². The molecule has 1 saturated heterocycles. The lowest BCUT2D eigenvalue weighted by Gasteiger charge is -2.49. The minimum absolute atomic E-state index is 0.0640. The number of amides is 1. The van der Waals surface area contributed by atoms with Gasteiger partial charge in [0.25, 0.3) is 5.91 Å². The molecule has 24 heavy (non-hydrogen) atoms. The SMILES string of the molecule is Cc1ccc(C(=O)NCC2(N3CCN(C)CC3)CCCCC2)cc1. The molecule has 132 valence electrons. The molecule has 2 aliphatic rings. The Balaban J connectivity index is 1.66. The van der Waals surface area contributed by atoms with E-state index in [2.05, 4.69) is 22.2 Å². The van der Waals surface area contributed by atoms with Gasteiger partial charge in [0.1, 0.15) is 0 Å². The first-order valence-electron chi connectivity index (χ1n) is 9.38. The highest BCUT2D eigenvalue weighted by atomic mass is 16.1. The number of carbonyl (C=O) groups is 1. The van der Waals surface area contributed by atoms with Gasteiger partial charge in [0.05, 0.1) is 0 Å². The first-order chi connectivity index (χ1) is 11.6. The normalized spacial score (nSPS) is 22.2. The first kappa shape index (κ1) is 17.4. The monoisotopic (exact) mass is 329 g/mol. The van der Waals surface area contributed by atoms with Crippen molar-refractivity contribution in [3.8, 4) is 0 Å². The van der Waals surface area contributed by atoms with E-state index in [1.807, 2.05) is 31.2 Å². The number of benzene rings is 1. The van der Waals surface area contributed by atoms with Crippen molar-refractivity contribution in [3.63, 3.8) is 0 Å². The van der Waals surface area contributed by atoms with Crippen LogP contribution in [0.25, 0.3) is 0 Å². The molecule has 1 N–H and O–H groups in total. The molecular formula is C20H31N3O. The van der Waals surface area contributed by atoms with Gasteiger partial charge < -0.3 is 10.2 Å². The zero-order valence-corrected chi connectivity index (χ0v) is 15.2. The van der Waals surface area contributed by atoms with Gasteiger partial charge in [0.2, 0.25) is 0 Å². The molecule has 0 unspecified atom stereocenters. The van der Waals surface area contributed by atoms with Crippen LogP contribution in [-0.2, 0) is 0 Å². The van der Waals surface area contributed by atoms with Gasteiger partial charge >= 0.3 is 0 Å². The fourth-order valence-corrected chi connectivity index (χ4v) is 4.15. The molecule has 1 aromatic rings. The van der Waals surface area contributed by atoms with Crippen LogP contribution in [0.4, 0.5) is 0 Å². The molecule has 1 aliphatic heterocycles. The summed E-state index contributed by atoms with van der Waals surface area (Å²) in [5, 5.41) is 3.24. The van der Waals surface area contributed by atoms with E-state index in [1.54, 1.807) is 0 Å². The number of hydrogen-bond acceptors (Lipinski definition) is 3. The molecule has 2 fully saturated rings. The summed E-state index contributed by atoms with van der Waals surface area (Å²) in [6.45, 7) is 7.34. The quantitative estimate of drug-likeness (QED) is 0.922. The van der Waals surface area contributed by atoms with Gasteiger partial charge in [0.15, 0.2) is 0 Å². The third-order valence-electron chi connectivity index (χ3n) is 5.85. The van der Waals surface area contributed by atoms with Crippen molar-refractivity contribution in [1.82, 2.24) is 15.1 Å². The van der Waals surface area contributed by atoms with E-state index in [9.17, 15) is 4.79 Å².